The van der Waals surface area contributed by atoms with Crippen LogP contribution in [-0.2, 0) is 10.5 Å². The van der Waals surface area contributed by atoms with E-state index in [1.54, 1.807) is 0 Å². The van der Waals surface area contributed by atoms with Crippen LogP contribution in [0.1, 0.15) is 35.5 Å². The maximum atomic E-state index is 15.1. The van der Waals surface area contributed by atoms with Crippen LogP contribution in [0.4, 0.5) is 8.78 Å². The van der Waals surface area contributed by atoms with Gasteiger partial charge in [0.25, 0.3) is 5.91 Å². The van der Waals surface area contributed by atoms with Crippen LogP contribution in [0.2, 0.25) is 15.1 Å². The number of carbonyl (C=O) groups excluding carboxylic acids is 1. The number of fused-ring (bicyclic) bond motifs is 1. The molecule has 0 saturated carbocycles. The number of carboxylic acid groups (broad SMARTS) is 1. The number of rotatable bonds is 5. The van der Waals surface area contributed by atoms with Crippen molar-refractivity contribution in [2.45, 2.75) is 19.5 Å². The SMILES string of the molecule is CC(C)(F)c1onc(-c2c(Cl)cc(Cl)cc2Cl)c1C(=O)n1ccc2c(/C=C/C(=O)O)ccc(F)c21. The molecule has 0 aliphatic carbocycles. The Hall–Kier alpha value is -3.20. The summed E-state index contributed by atoms with van der Waals surface area (Å²) in [5, 5.41) is 13.4. The summed E-state index contributed by atoms with van der Waals surface area (Å²) in [6.07, 6.45) is 3.44. The van der Waals surface area contributed by atoms with Gasteiger partial charge < -0.3 is 9.63 Å². The first kappa shape index (κ1) is 24.9. The largest absolute Gasteiger partial charge is 0.478 e. The van der Waals surface area contributed by atoms with E-state index in [2.05, 4.69) is 5.16 Å². The number of halogens is 5. The van der Waals surface area contributed by atoms with Crippen molar-refractivity contribution >= 4 is 63.7 Å². The van der Waals surface area contributed by atoms with Gasteiger partial charge in [-0.2, -0.15) is 0 Å². The molecule has 4 rings (SSSR count). The Bertz CT molecular complexity index is 1510. The quantitative estimate of drug-likeness (QED) is 0.267. The molecule has 0 aliphatic rings. The van der Waals surface area contributed by atoms with Gasteiger partial charge in [-0.25, -0.2) is 13.6 Å². The van der Waals surface area contributed by atoms with E-state index >= 15 is 4.39 Å². The topological polar surface area (TPSA) is 85.3 Å². The number of carboxylic acids is 1. The lowest BCUT2D eigenvalue weighted by Crippen LogP contribution is -2.19. The third kappa shape index (κ3) is 4.57. The molecule has 0 unspecified atom stereocenters. The molecule has 6 nitrogen and oxygen atoms in total. The molecule has 2 aromatic carbocycles. The molecular formula is C24H15Cl3F2N2O4. The molecule has 35 heavy (non-hydrogen) atoms. The summed E-state index contributed by atoms with van der Waals surface area (Å²) in [7, 11) is 0. The minimum absolute atomic E-state index is 0.0395. The van der Waals surface area contributed by atoms with Gasteiger partial charge in [-0.05, 0) is 49.8 Å². The number of aromatic nitrogens is 2. The van der Waals surface area contributed by atoms with E-state index in [0.29, 0.717) is 5.56 Å². The van der Waals surface area contributed by atoms with Gasteiger partial charge in [0.1, 0.15) is 17.1 Å². The van der Waals surface area contributed by atoms with Crippen LogP contribution in [0.5, 0.6) is 0 Å². The van der Waals surface area contributed by atoms with Crippen LogP contribution in [0.25, 0.3) is 28.2 Å². The number of aliphatic carboxylic acids is 1. The standard InChI is InChI=1S/C24H15Cl3F2N2O4/c1-24(2,29)22-19(20(30-35-22)18-14(26)9-12(25)10-15(18)27)23(34)31-8-7-13-11(4-6-17(32)33)3-5-16(28)21(13)31/h3-10H,1-2H3,(H,32,33)/b6-4+. The van der Waals surface area contributed by atoms with Gasteiger partial charge in [0.05, 0.1) is 15.6 Å². The van der Waals surface area contributed by atoms with Crippen LogP contribution in [-0.4, -0.2) is 26.7 Å². The van der Waals surface area contributed by atoms with Gasteiger partial charge in [-0.15, -0.1) is 0 Å². The van der Waals surface area contributed by atoms with E-state index in [0.717, 1.165) is 16.7 Å². The number of hydrogen-bond acceptors (Lipinski definition) is 4. The van der Waals surface area contributed by atoms with Crippen molar-refractivity contribution in [3.8, 4) is 11.3 Å². The van der Waals surface area contributed by atoms with E-state index in [1.807, 2.05) is 0 Å². The molecule has 0 saturated heterocycles. The first-order valence-electron chi connectivity index (χ1n) is 9.99. The predicted octanol–water partition coefficient (Wildman–Crippen LogP) is 7.39. The zero-order valence-corrected chi connectivity index (χ0v) is 20.3. The highest BCUT2D eigenvalue weighted by molar-refractivity contribution is 6.42. The first-order chi connectivity index (χ1) is 16.4. The molecule has 2 aromatic heterocycles. The van der Waals surface area contributed by atoms with E-state index in [4.69, 9.17) is 44.4 Å². The van der Waals surface area contributed by atoms with Crippen LogP contribution in [0.15, 0.2) is 47.1 Å². The number of nitrogens with zero attached hydrogens (tertiary/aromatic N) is 2. The molecule has 0 amide bonds. The Balaban J connectivity index is 1.98. The molecule has 0 atom stereocenters. The summed E-state index contributed by atoms with van der Waals surface area (Å²) in [6, 6.07) is 6.65. The van der Waals surface area contributed by atoms with Crippen molar-refractivity contribution in [2.75, 3.05) is 0 Å². The maximum Gasteiger partial charge on any atom is 0.328 e. The number of benzene rings is 2. The molecule has 0 aliphatic heterocycles. The van der Waals surface area contributed by atoms with Crippen LogP contribution >= 0.6 is 34.8 Å². The second kappa shape index (κ2) is 9.11. The van der Waals surface area contributed by atoms with Crippen molar-refractivity contribution in [3.05, 3.63) is 80.4 Å². The fourth-order valence-corrected chi connectivity index (χ4v) is 4.67. The fraction of sp³-hybridized carbons (Fsp3) is 0.125. The minimum atomic E-state index is -2.15. The smallest absolute Gasteiger partial charge is 0.328 e. The van der Waals surface area contributed by atoms with Crippen LogP contribution in [0, 0.1) is 5.82 Å². The number of alkyl halides is 1. The second-order valence-electron chi connectivity index (χ2n) is 8.01. The molecule has 0 spiro atoms. The molecule has 0 fully saturated rings. The minimum Gasteiger partial charge on any atom is -0.478 e. The second-order valence-corrected chi connectivity index (χ2v) is 9.26. The van der Waals surface area contributed by atoms with Crippen LogP contribution < -0.4 is 0 Å². The van der Waals surface area contributed by atoms with E-state index in [-0.39, 0.29) is 42.8 Å². The number of carbonyl (C=O) groups is 2. The maximum absolute atomic E-state index is 15.1. The summed E-state index contributed by atoms with van der Waals surface area (Å²) < 4.78 is 36.2. The average molecular weight is 540 g/mol. The normalized spacial score (nSPS) is 12.1. The third-order valence-corrected chi connectivity index (χ3v) is 5.96. The van der Waals surface area contributed by atoms with Crippen molar-refractivity contribution in [3.63, 3.8) is 0 Å². The third-order valence-electron chi connectivity index (χ3n) is 5.15. The lowest BCUT2D eigenvalue weighted by Gasteiger charge is -2.14. The summed E-state index contributed by atoms with van der Waals surface area (Å²) in [5.41, 5.74) is -2.32. The zero-order valence-electron chi connectivity index (χ0n) is 18.1. The highest BCUT2D eigenvalue weighted by Crippen LogP contribution is 2.42. The summed E-state index contributed by atoms with van der Waals surface area (Å²) in [5.74, 6) is -3.23. The monoisotopic (exact) mass is 538 g/mol. The Morgan fingerprint density at radius 1 is 1.14 bits per heavy atom. The highest BCUT2D eigenvalue weighted by atomic mass is 35.5. The summed E-state index contributed by atoms with van der Waals surface area (Å²) in [6.45, 7) is 2.34. The number of hydrogen-bond donors (Lipinski definition) is 1. The van der Waals surface area contributed by atoms with Gasteiger partial charge in [0.15, 0.2) is 11.4 Å². The Labute approximate surface area is 212 Å². The van der Waals surface area contributed by atoms with Gasteiger partial charge in [-0.1, -0.05) is 46.0 Å². The van der Waals surface area contributed by atoms with Gasteiger partial charge in [-0.3, -0.25) is 9.36 Å². The molecule has 0 bridgehead atoms. The van der Waals surface area contributed by atoms with Gasteiger partial charge in [0.2, 0.25) is 0 Å². The van der Waals surface area contributed by atoms with E-state index in [9.17, 15) is 14.0 Å². The van der Waals surface area contributed by atoms with E-state index < -0.39 is 29.1 Å². The van der Waals surface area contributed by atoms with Crippen molar-refractivity contribution in [1.29, 1.82) is 0 Å². The molecule has 0 radical (unpaired) electrons. The molecule has 4 aromatic rings. The van der Waals surface area contributed by atoms with Crippen molar-refractivity contribution < 1.29 is 28.0 Å². The van der Waals surface area contributed by atoms with Gasteiger partial charge in [0, 0.05) is 28.2 Å². The molecule has 11 heteroatoms. The van der Waals surface area contributed by atoms with Gasteiger partial charge >= 0.3 is 5.97 Å². The lowest BCUT2D eigenvalue weighted by atomic mass is 9.98. The fourth-order valence-electron chi connectivity index (χ4n) is 3.67. The Kier molecular flexibility index (Phi) is 6.48. The summed E-state index contributed by atoms with van der Waals surface area (Å²) in [4.78, 5) is 24.7. The Morgan fingerprint density at radius 3 is 2.40 bits per heavy atom. The Morgan fingerprint density at radius 2 is 1.80 bits per heavy atom. The van der Waals surface area contributed by atoms with Crippen molar-refractivity contribution in [2.24, 2.45) is 0 Å². The van der Waals surface area contributed by atoms with Crippen LogP contribution in [0.3, 0.4) is 0 Å². The zero-order chi connectivity index (χ0) is 25.7. The highest BCUT2D eigenvalue weighted by Gasteiger charge is 2.37. The molecular weight excluding hydrogens is 525 g/mol. The molecule has 2 heterocycles. The van der Waals surface area contributed by atoms with Crippen molar-refractivity contribution in [1.82, 2.24) is 9.72 Å². The molecule has 180 valence electrons. The first-order valence-corrected chi connectivity index (χ1v) is 11.1. The summed E-state index contributed by atoms with van der Waals surface area (Å²) >= 11 is 18.6. The molecule has 1 N–H and O–H groups in total. The predicted molar refractivity (Wildman–Crippen MR) is 129 cm³/mol. The van der Waals surface area contributed by atoms with E-state index in [1.165, 1.54) is 50.4 Å². The lowest BCUT2D eigenvalue weighted by molar-refractivity contribution is -0.131. The average Bonchev–Trinajstić information content (AvgIpc) is 3.37.